The van der Waals surface area contributed by atoms with E-state index in [0.717, 1.165) is 64.2 Å². The van der Waals surface area contributed by atoms with Crippen LogP contribution in [0.4, 0.5) is 0 Å². The Hall–Kier alpha value is -0.960. The second kappa shape index (κ2) is 38.6. The summed E-state index contributed by atoms with van der Waals surface area (Å²) in [5, 5.41) is 21.9. The molecule has 26 heteroatoms. The van der Waals surface area contributed by atoms with Gasteiger partial charge in [0.25, 0.3) is 0 Å². The van der Waals surface area contributed by atoms with Crippen LogP contribution in [0.2, 0.25) is 0 Å². The topological polar surface area (TPSA) is 349 Å². The van der Waals surface area contributed by atoms with Crippen LogP contribution >= 0.6 is 31.3 Å². The van der Waals surface area contributed by atoms with Gasteiger partial charge in [-0.25, -0.2) is 18.3 Å². The second-order valence-electron chi connectivity index (χ2n) is 18.3. The number of allylic oxidation sites excluding steroid dienone is 2. The smallest absolute Gasteiger partial charge is 0.462 e. The van der Waals surface area contributed by atoms with Gasteiger partial charge in [-0.15, -0.1) is 0 Å². The molecule has 0 aliphatic heterocycles. The third-order valence-electron chi connectivity index (χ3n) is 11.8. The molecule has 1 rings (SSSR count). The molecule has 0 spiro atoms. The fourth-order valence-electron chi connectivity index (χ4n) is 8.08. The van der Waals surface area contributed by atoms with E-state index in [-0.39, 0.29) is 12.8 Å². The van der Waals surface area contributed by atoms with Crippen molar-refractivity contribution < 1.29 is 104 Å². The Morgan fingerprint density at radius 3 is 1.15 bits per heavy atom. The predicted molar refractivity (Wildman–Crippen MR) is 263 cm³/mol. The van der Waals surface area contributed by atoms with Gasteiger partial charge in [0, 0.05) is 12.8 Å². The standard InChI is InChI=1S/C45H88O22P4/c1-3-5-7-9-11-13-15-17-19-21-23-25-27-29-31-33-38(46)61-35-37(63-39(47)34-32-30-28-26-24-22-20-18-16-14-12-10-8-6-4-2)36-62-71(59,60)67-42-40(48)43(64-68(50,51)52)45(66-70(56,57)58)44(41(42)49)65-69(53,54)55/h18,20,37,40-45,48-49H,3-17,19,21-36H2,1-2H3,(H,59,60)(H2,50,51,52)(H2,53,54,55)(H2,56,57,58)/b20-18-/t37-,40?,41?,42?,43+,44?,45?/m1/s1. The molecule has 0 amide bonds. The summed E-state index contributed by atoms with van der Waals surface area (Å²) in [6.07, 6.45) is 17.0. The normalized spacial score (nSPS) is 21.3. The summed E-state index contributed by atoms with van der Waals surface area (Å²) in [7, 11) is -23.0. The SMILES string of the molecule is CCCCCCCC/C=C\CCCCCCCC(=O)O[C@H](COC(=O)CCCCCCCCCCCCCCCCC)COP(=O)(O)OC1C(O)C(OP(=O)(O)O)C(OP(=O)(O)O)[C@@H](OP(=O)(O)O)C1O. The summed E-state index contributed by atoms with van der Waals surface area (Å²) in [6, 6.07) is 0. The predicted octanol–water partition coefficient (Wildman–Crippen LogP) is 9.41. The van der Waals surface area contributed by atoms with Gasteiger partial charge in [0.05, 0.1) is 6.61 Å². The summed E-state index contributed by atoms with van der Waals surface area (Å²) in [5.41, 5.74) is 0. The first-order valence-electron chi connectivity index (χ1n) is 25.7. The summed E-state index contributed by atoms with van der Waals surface area (Å²) in [6.45, 7) is 2.77. The third kappa shape index (κ3) is 36.6. The first-order chi connectivity index (χ1) is 33.5. The summed E-state index contributed by atoms with van der Waals surface area (Å²) in [5.74, 6) is -1.40. The molecule has 0 aromatic rings. The van der Waals surface area contributed by atoms with Gasteiger partial charge >= 0.3 is 43.2 Å². The van der Waals surface area contributed by atoms with Gasteiger partial charge in [-0.2, -0.15) is 0 Å². The number of unbranched alkanes of at least 4 members (excludes halogenated alkanes) is 25. The molecule has 1 saturated carbocycles. The van der Waals surface area contributed by atoms with Crippen molar-refractivity contribution in [2.45, 2.75) is 249 Å². The van der Waals surface area contributed by atoms with Crippen LogP contribution in [0.25, 0.3) is 0 Å². The van der Waals surface area contributed by atoms with Crippen LogP contribution in [0.15, 0.2) is 12.2 Å². The summed E-state index contributed by atoms with van der Waals surface area (Å²) >= 11 is 0. The lowest BCUT2D eigenvalue weighted by Crippen LogP contribution is -2.65. The molecular weight excluding hydrogens is 1020 g/mol. The number of rotatable bonds is 45. The maximum atomic E-state index is 13.3. The first kappa shape index (κ1) is 68.1. The number of ether oxygens (including phenoxy) is 2. The molecule has 0 aromatic carbocycles. The maximum absolute atomic E-state index is 13.3. The van der Waals surface area contributed by atoms with Crippen LogP contribution in [0.1, 0.15) is 206 Å². The van der Waals surface area contributed by atoms with Gasteiger partial charge in [-0.3, -0.25) is 32.2 Å². The average molecular weight is 1110 g/mol. The van der Waals surface area contributed by atoms with Crippen LogP contribution in [-0.2, 0) is 59.9 Å². The lowest BCUT2D eigenvalue weighted by molar-refractivity contribution is -0.209. The van der Waals surface area contributed by atoms with E-state index in [1.54, 1.807) is 0 Å². The van der Waals surface area contributed by atoms with Crippen molar-refractivity contribution in [2.75, 3.05) is 13.2 Å². The number of esters is 2. The fraction of sp³-hybridized carbons (Fsp3) is 0.911. The molecule has 1 aliphatic carbocycles. The lowest BCUT2D eigenvalue weighted by atomic mass is 9.85. The number of hydrogen-bond donors (Lipinski definition) is 9. The van der Waals surface area contributed by atoms with Crippen molar-refractivity contribution in [3.05, 3.63) is 12.2 Å². The highest BCUT2D eigenvalue weighted by molar-refractivity contribution is 7.47. The van der Waals surface area contributed by atoms with Crippen LogP contribution in [0, 0.1) is 0 Å². The van der Waals surface area contributed by atoms with Crippen molar-refractivity contribution in [2.24, 2.45) is 0 Å². The zero-order chi connectivity index (χ0) is 53.2. The minimum Gasteiger partial charge on any atom is -0.462 e. The number of carbonyl (C=O) groups is 2. The number of phosphoric acid groups is 4. The van der Waals surface area contributed by atoms with Crippen molar-refractivity contribution in [1.82, 2.24) is 0 Å². The van der Waals surface area contributed by atoms with Crippen molar-refractivity contribution in [3.63, 3.8) is 0 Å². The molecule has 0 heterocycles. The minimum atomic E-state index is -5.79. The van der Waals surface area contributed by atoms with Gasteiger partial charge in [0.15, 0.2) is 6.10 Å². The van der Waals surface area contributed by atoms with Crippen molar-refractivity contribution in [3.8, 4) is 0 Å². The Morgan fingerprint density at radius 1 is 0.437 bits per heavy atom. The lowest BCUT2D eigenvalue weighted by Gasteiger charge is -2.45. The Morgan fingerprint density at radius 2 is 0.775 bits per heavy atom. The van der Waals surface area contributed by atoms with Gasteiger partial charge < -0.3 is 53.9 Å². The number of hydrogen-bond acceptors (Lipinski definition) is 15. The molecule has 22 nitrogen and oxygen atoms in total. The molecular formula is C45H88O22P4. The van der Waals surface area contributed by atoms with Gasteiger partial charge in [-0.1, -0.05) is 167 Å². The monoisotopic (exact) mass is 1100 g/mol. The average Bonchev–Trinajstić information content (AvgIpc) is 3.27. The highest BCUT2D eigenvalue weighted by atomic mass is 31.2. The van der Waals surface area contributed by atoms with E-state index in [0.29, 0.717) is 19.3 Å². The highest BCUT2D eigenvalue weighted by Crippen LogP contribution is 2.53. The van der Waals surface area contributed by atoms with Crippen LogP contribution in [0.3, 0.4) is 0 Å². The fourth-order valence-corrected chi connectivity index (χ4v) is 10.7. The highest BCUT2D eigenvalue weighted by Gasteiger charge is 2.59. The Bertz CT molecular complexity index is 1600. The third-order valence-corrected chi connectivity index (χ3v) is 14.3. The minimum absolute atomic E-state index is 0.0379. The van der Waals surface area contributed by atoms with Crippen LogP contribution in [-0.4, -0.2) is 112 Å². The molecule has 6 unspecified atom stereocenters. The molecule has 420 valence electrons. The number of carbonyl (C=O) groups excluding carboxylic acids is 2. The Kier molecular flexibility index (Phi) is 37.0. The number of aliphatic hydroxyl groups excluding tert-OH is 2. The molecule has 1 fully saturated rings. The van der Waals surface area contributed by atoms with E-state index in [1.807, 2.05) is 0 Å². The molecule has 0 aromatic heterocycles. The molecule has 0 saturated heterocycles. The summed E-state index contributed by atoms with van der Waals surface area (Å²) < 4.78 is 82.2. The first-order valence-corrected chi connectivity index (χ1v) is 31.8. The van der Waals surface area contributed by atoms with E-state index in [9.17, 15) is 72.3 Å². The second-order valence-corrected chi connectivity index (χ2v) is 23.3. The number of phosphoric ester groups is 4. The maximum Gasteiger partial charge on any atom is 0.472 e. The molecule has 9 N–H and O–H groups in total. The van der Waals surface area contributed by atoms with Gasteiger partial charge in [0.1, 0.15) is 43.2 Å². The molecule has 0 bridgehead atoms. The summed E-state index contributed by atoms with van der Waals surface area (Å²) in [4.78, 5) is 92.9. The van der Waals surface area contributed by atoms with Gasteiger partial charge in [-0.05, 0) is 38.5 Å². The quantitative estimate of drug-likeness (QED) is 0.0119. The van der Waals surface area contributed by atoms with Crippen LogP contribution < -0.4 is 0 Å². The van der Waals surface area contributed by atoms with Crippen LogP contribution in [0.5, 0.6) is 0 Å². The van der Waals surface area contributed by atoms with Crippen molar-refractivity contribution in [1.29, 1.82) is 0 Å². The van der Waals surface area contributed by atoms with E-state index in [4.69, 9.17) is 18.5 Å². The molecule has 71 heavy (non-hydrogen) atoms. The zero-order valence-electron chi connectivity index (χ0n) is 41.9. The molecule has 1 aliphatic rings. The Labute approximate surface area is 421 Å². The van der Waals surface area contributed by atoms with Crippen molar-refractivity contribution >= 4 is 43.2 Å². The van der Waals surface area contributed by atoms with Gasteiger partial charge in [0.2, 0.25) is 0 Å². The van der Waals surface area contributed by atoms with E-state index in [1.165, 1.54) is 96.3 Å². The van der Waals surface area contributed by atoms with E-state index < -0.39 is 99.2 Å². The molecule has 0 radical (unpaired) electrons. The number of aliphatic hydroxyl groups is 2. The Balaban J connectivity index is 2.87. The van der Waals surface area contributed by atoms with E-state index in [2.05, 4.69) is 39.6 Å². The zero-order valence-corrected chi connectivity index (χ0v) is 45.5. The van der Waals surface area contributed by atoms with E-state index >= 15 is 0 Å². The molecule has 8 atom stereocenters. The largest absolute Gasteiger partial charge is 0.472 e.